The van der Waals surface area contributed by atoms with Crippen molar-refractivity contribution in [2.45, 2.75) is 58.2 Å². The molecule has 0 spiro atoms. The minimum atomic E-state index is -0.464. The topological polar surface area (TPSA) is 41.6 Å². The quantitative estimate of drug-likeness (QED) is 0.540. The van der Waals surface area contributed by atoms with Gasteiger partial charge in [0.05, 0.1) is 5.56 Å². The lowest BCUT2D eigenvalue weighted by molar-refractivity contribution is 0.00695. The zero-order valence-corrected chi connectivity index (χ0v) is 20.3. The van der Waals surface area contributed by atoms with Gasteiger partial charge in [-0.3, -0.25) is 4.90 Å². The SMILES string of the molecule is CC(C)(C)OC(=O)c1ccc(CN2CCC(CNC3CC3C=Cc3ccccc3)CC2)cc1. The fourth-order valence-corrected chi connectivity index (χ4v) is 4.47. The Hall–Kier alpha value is -2.43. The fraction of sp³-hybridized carbons (Fsp3) is 0.483. The summed E-state index contributed by atoms with van der Waals surface area (Å²) in [5, 5.41) is 3.80. The normalized spacial score (nSPS) is 21.9. The lowest BCUT2D eigenvalue weighted by Crippen LogP contribution is -2.37. The van der Waals surface area contributed by atoms with Gasteiger partial charge in [0.2, 0.25) is 0 Å². The minimum absolute atomic E-state index is 0.254. The second-order valence-corrected chi connectivity index (χ2v) is 10.6. The maximum Gasteiger partial charge on any atom is 0.338 e. The van der Waals surface area contributed by atoms with Gasteiger partial charge in [-0.2, -0.15) is 0 Å². The number of ether oxygens (including phenoxy) is 1. The number of nitrogens with one attached hydrogen (secondary N) is 1. The molecule has 1 aliphatic carbocycles. The maximum absolute atomic E-state index is 12.2. The number of hydrogen-bond donors (Lipinski definition) is 1. The van der Waals surface area contributed by atoms with Crippen molar-refractivity contribution in [2.75, 3.05) is 19.6 Å². The molecule has 2 aliphatic rings. The van der Waals surface area contributed by atoms with Crippen molar-refractivity contribution in [2.24, 2.45) is 11.8 Å². The van der Waals surface area contributed by atoms with E-state index in [-0.39, 0.29) is 5.97 Å². The highest BCUT2D eigenvalue weighted by Crippen LogP contribution is 2.33. The highest BCUT2D eigenvalue weighted by molar-refractivity contribution is 5.89. The summed E-state index contributed by atoms with van der Waals surface area (Å²) in [5.41, 5.74) is 2.70. The summed E-state index contributed by atoms with van der Waals surface area (Å²) in [6.45, 7) is 10.0. The van der Waals surface area contributed by atoms with Crippen LogP contribution in [0, 0.1) is 11.8 Å². The summed E-state index contributed by atoms with van der Waals surface area (Å²) < 4.78 is 5.45. The molecule has 0 amide bonds. The summed E-state index contributed by atoms with van der Waals surface area (Å²) in [6.07, 6.45) is 8.39. The molecule has 0 radical (unpaired) electrons. The molecule has 33 heavy (non-hydrogen) atoms. The zero-order valence-electron chi connectivity index (χ0n) is 20.3. The molecular formula is C29H38N2O2. The number of rotatable bonds is 8. The van der Waals surface area contributed by atoms with Crippen molar-refractivity contribution in [1.82, 2.24) is 10.2 Å². The predicted octanol–water partition coefficient (Wildman–Crippen LogP) is 5.55. The van der Waals surface area contributed by atoms with Crippen LogP contribution < -0.4 is 5.32 Å². The molecule has 4 heteroatoms. The molecule has 0 aromatic heterocycles. The van der Waals surface area contributed by atoms with Crippen LogP contribution in [0.15, 0.2) is 60.7 Å². The zero-order chi connectivity index (χ0) is 23.3. The highest BCUT2D eigenvalue weighted by atomic mass is 16.6. The van der Waals surface area contributed by atoms with Gasteiger partial charge in [0.15, 0.2) is 0 Å². The van der Waals surface area contributed by atoms with Crippen LogP contribution in [0.25, 0.3) is 6.08 Å². The van der Waals surface area contributed by atoms with Crippen LogP contribution in [-0.2, 0) is 11.3 Å². The molecule has 176 valence electrons. The first-order valence-electron chi connectivity index (χ1n) is 12.4. The number of piperidine rings is 1. The van der Waals surface area contributed by atoms with Crippen molar-refractivity contribution >= 4 is 12.0 Å². The van der Waals surface area contributed by atoms with Crippen LogP contribution >= 0.6 is 0 Å². The number of benzene rings is 2. The summed E-state index contributed by atoms with van der Waals surface area (Å²) in [6, 6.07) is 19.1. The Morgan fingerprint density at radius 1 is 1.06 bits per heavy atom. The number of carbonyl (C=O) groups excluding carboxylic acids is 1. The third kappa shape index (κ3) is 7.55. The number of esters is 1. The number of hydrogen-bond acceptors (Lipinski definition) is 4. The standard InChI is InChI=1S/C29H38N2O2/c1-29(2,3)33-28(32)25-12-10-24(11-13-25)21-31-17-15-23(16-18-31)20-30-27-19-26(27)14-9-22-7-5-4-6-8-22/h4-14,23,26-27,30H,15-21H2,1-3H3. The first kappa shape index (κ1) is 23.7. The Kier molecular flexibility index (Phi) is 7.67. The van der Waals surface area contributed by atoms with E-state index in [1.165, 1.54) is 30.4 Å². The Labute approximate surface area is 199 Å². The molecule has 0 bridgehead atoms. The third-order valence-electron chi connectivity index (χ3n) is 6.55. The number of likely N-dealkylation sites (tertiary alicyclic amines) is 1. The summed E-state index contributed by atoms with van der Waals surface area (Å²) in [5.74, 6) is 1.21. The molecule has 4 nitrogen and oxygen atoms in total. The Balaban J connectivity index is 1.14. The van der Waals surface area contributed by atoms with E-state index >= 15 is 0 Å². The second-order valence-electron chi connectivity index (χ2n) is 10.6. The predicted molar refractivity (Wildman–Crippen MR) is 135 cm³/mol. The molecule has 2 unspecified atom stereocenters. The Morgan fingerprint density at radius 3 is 2.42 bits per heavy atom. The summed E-state index contributed by atoms with van der Waals surface area (Å²) >= 11 is 0. The monoisotopic (exact) mass is 446 g/mol. The van der Waals surface area contributed by atoms with Crippen LogP contribution in [0.1, 0.15) is 61.5 Å². The van der Waals surface area contributed by atoms with Crippen molar-refractivity contribution in [3.8, 4) is 0 Å². The van der Waals surface area contributed by atoms with Crippen LogP contribution in [-0.4, -0.2) is 42.1 Å². The van der Waals surface area contributed by atoms with Gasteiger partial charge >= 0.3 is 5.97 Å². The van der Waals surface area contributed by atoms with Gasteiger partial charge in [0.25, 0.3) is 0 Å². The first-order chi connectivity index (χ1) is 15.9. The maximum atomic E-state index is 12.2. The summed E-state index contributed by atoms with van der Waals surface area (Å²) in [4.78, 5) is 14.7. The first-order valence-corrected chi connectivity index (χ1v) is 12.4. The molecule has 1 saturated heterocycles. The molecule has 1 saturated carbocycles. The molecular weight excluding hydrogens is 408 g/mol. The fourth-order valence-electron chi connectivity index (χ4n) is 4.47. The van der Waals surface area contributed by atoms with Gasteiger partial charge in [-0.15, -0.1) is 0 Å². The lowest BCUT2D eigenvalue weighted by Gasteiger charge is -2.32. The van der Waals surface area contributed by atoms with Crippen LogP contribution in [0.5, 0.6) is 0 Å². The molecule has 1 N–H and O–H groups in total. The smallest absolute Gasteiger partial charge is 0.338 e. The van der Waals surface area contributed by atoms with Crippen molar-refractivity contribution in [3.63, 3.8) is 0 Å². The van der Waals surface area contributed by atoms with Crippen LogP contribution in [0.3, 0.4) is 0 Å². The second kappa shape index (κ2) is 10.7. The number of carbonyl (C=O) groups is 1. The van der Waals surface area contributed by atoms with E-state index < -0.39 is 5.60 Å². The lowest BCUT2D eigenvalue weighted by atomic mass is 9.96. The molecule has 2 atom stereocenters. The Bertz CT molecular complexity index is 922. The van der Waals surface area contributed by atoms with Gasteiger partial charge < -0.3 is 10.1 Å². The van der Waals surface area contributed by atoms with E-state index in [1.54, 1.807) is 0 Å². The van der Waals surface area contributed by atoms with Gasteiger partial charge in [-0.05, 0) is 94.8 Å². The van der Waals surface area contributed by atoms with E-state index in [0.29, 0.717) is 17.5 Å². The molecule has 2 aromatic carbocycles. The molecule has 4 rings (SSSR count). The average Bonchev–Trinajstić information content (AvgIpc) is 3.56. The van der Waals surface area contributed by atoms with Crippen molar-refractivity contribution < 1.29 is 9.53 Å². The van der Waals surface area contributed by atoms with Gasteiger partial charge in [0.1, 0.15) is 5.60 Å². The summed E-state index contributed by atoms with van der Waals surface area (Å²) in [7, 11) is 0. The molecule has 1 aliphatic heterocycles. The van der Waals surface area contributed by atoms with Gasteiger partial charge in [0, 0.05) is 12.6 Å². The van der Waals surface area contributed by atoms with Crippen molar-refractivity contribution in [3.05, 3.63) is 77.4 Å². The van der Waals surface area contributed by atoms with E-state index in [0.717, 1.165) is 32.1 Å². The minimum Gasteiger partial charge on any atom is -0.456 e. The molecule has 1 heterocycles. The third-order valence-corrected chi connectivity index (χ3v) is 6.55. The largest absolute Gasteiger partial charge is 0.456 e. The average molecular weight is 447 g/mol. The molecule has 2 aromatic rings. The van der Waals surface area contributed by atoms with E-state index in [9.17, 15) is 4.79 Å². The van der Waals surface area contributed by atoms with Crippen LogP contribution in [0.4, 0.5) is 0 Å². The van der Waals surface area contributed by atoms with Gasteiger partial charge in [-0.1, -0.05) is 54.6 Å². The van der Waals surface area contributed by atoms with E-state index in [2.05, 4.69) is 64.8 Å². The van der Waals surface area contributed by atoms with Crippen LogP contribution in [0.2, 0.25) is 0 Å². The van der Waals surface area contributed by atoms with E-state index in [1.807, 2.05) is 32.9 Å². The number of nitrogens with zero attached hydrogens (tertiary/aromatic N) is 1. The van der Waals surface area contributed by atoms with Crippen molar-refractivity contribution in [1.29, 1.82) is 0 Å². The molecule has 2 fully saturated rings. The Morgan fingerprint density at radius 2 is 1.76 bits per heavy atom. The van der Waals surface area contributed by atoms with Gasteiger partial charge in [-0.25, -0.2) is 4.79 Å². The highest BCUT2D eigenvalue weighted by Gasteiger charge is 2.34. The van der Waals surface area contributed by atoms with E-state index in [4.69, 9.17) is 4.74 Å².